The number of rotatable bonds is 5. The van der Waals surface area contributed by atoms with Gasteiger partial charge in [0.1, 0.15) is 0 Å². The highest BCUT2D eigenvalue weighted by atomic mass is 14.9. The quantitative estimate of drug-likeness (QED) is 0.857. The number of hydrogen-bond donors (Lipinski definition) is 1. The number of hydrogen-bond acceptors (Lipinski definition) is 1. The number of fused-ring (bicyclic) bond motifs is 1. The lowest BCUT2D eigenvalue weighted by molar-refractivity contribution is 0.647. The predicted octanol–water partition coefficient (Wildman–Crippen LogP) is 3.48. The van der Waals surface area contributed by atoms with Crippen molar-refractivity contribution < 1.29 is 0 Å². The highest BCUT2D eigenvalue weighted by Crippen LogP contribution is 2.25. The molecule has 2 N–H and O–H groups in total. The zero-order chi connectivity index (χ0) is 13.1. The maximum absolute atomic E-state index is 6.14. The lowest BCUT2D eigenvalue weighted by Gasteiger charge is -2.08. The number of nitrogens with two attached hydrogens (primary N) is 1. The Labute approximate surface area is 110 Å². The monoisotopic (exact) mass is 244 g/mol. The largest absolute Gasteiger partial charge is 0.327 e. The molecule has 2 heterocycles. The van der Waals surface area contributed by atoms with E-state index in [2.05, 4.69) is 49.6 Å². The summed E-state index contributed by atoms with van der Waals surface area (Å²) in [6.45, 7) is 6.64. The zero-order valence-electron chi connectivity index (χ0n) is 11.7. The van der Waals surface area contributed by atoms with Crippen molar-refractivity contribution in [2.24, 2.45) is 5.73 Å². The van der Waals surface area contributed by atoms with Crippen molar-refractivity contribution >= 4 is 5.52 Å². The molecule has 0 aromatic carbocycles. The predicted molar refractivity (Wildman–Crippen MR) is 78.1 cm³/mol. The Morgan fingerprint density at radius 3 is 2.72 bits per heavy atom. The van der Waals surface area contributed by atoms with E-state index in [9.17, 15) is 0 Å². The Kier molecular flexibility index (Phi) is 4.07. The minimum atomic E-state index is 0.268. The first-order valence-corrected chi connectivity index (χ1v) is 7.02. The third-order valence-electron chi connectivity index (χ3n) is 3.82. The second kappa shape index (κ2) is 5.57. The molecule has 2 aromatic rings. The number of aryl methyl sites for hydroxylation is 1. The molecule has 2 aromatic heterocycles. The van der Waals surface area contributed by atoms with Crippen LogP contribution in [-0.4, -0.2) is 10.4 Å². The van der Waals surface area contributed by atoms with Crippen LogP contribution in [0.5, 0.6) is 0 Å². The van der Waals surface area contributed by atoms with Crippen molar-refractivity contribution in [1.82, 2.24) is 4.40 Å². The number of nitrogens with zero attached hydrogens (tertiary/aromatic N) is 1. The van der Waals surface area contributed by atoms with E-state index in [1.165, 1.54) is 28.8 Å². The van der Waals surface area contributed by atoms with Crippen LogP contribution in [0.1, 0.15) is 43.5 Å². The van der Waals surface area contributed by atoms with E-state index in [1.54, 1.807) is 0 Å². The third kappa shape index (κ3) is 2.30. The Morgan fingerprint density at radius 2 is 2.06 bits per heavy atom. The van der Waals surface area contributed by atoms with Gasteiger partial charge in [-0.25, -0.2) is 0 Å². The van der Waals surface area contributed by atoms with E-state index < -0.39 is 0 Å². The number of pyridine rings is 1. The molecule has 0 aliphatic carbocycles. The maximum atomic E-state index is 6.14. The highest BCUT2D eigenvalue weighted by Gasteiger charge is 2.15. The summed E-state index contributed by atoms with van der Waals surface area (Å²) in [7, 11) is 0. The van der Waals surface area contributed by atoms with Crippen molar-refractivity contribution in [3.8, 4) is 0 Å². The van der Waals surface area contributed by atoms with Gasteiger partial charge in [-0.1, -0.05) is 26.3 Å². The summed E-state index contributed by atoms with van der Waals surface area (Å²) in [5.41, 5.74) is 11.8. The molecule has 0 aliphatic rings. The van der Waals surface area contributed by atoms with Gasteiger partial charge in [-0.15, -0.1) is 0 Å². The van der Waals surface area contributed by atoms with Gasteiger partial charge < -0.3 is 10.1 Å². The summed E-state index contributed by atoms with van der Waals surface area (Å²) in [6, 6.07) is 6.70. The second-order valence-electron chi connectivity index (χ2n) is 5.13. The molecule has 2 heteroatoms. The molecule has 0 aliphatic heterocycles. The normalized spacial score (nSPS) is 13.1. The van der Waals surface area contributed by atoms with Gasteiger partial charge in [0.2, 0.25) is 0 Å². The standard InChI is InChI=1S/C16H24N2/c1-4-8-15-12(3)14(11-13(17)5-2)16-9-6-7-10-18(15)16/h6-7,9-10,13H,4-5,8,11,17H2,1-3H3. The number of aromatic nitrogens is 1. The SMILES string of the molecule is CCCc1c(C)c(CC(N)CC)c2ccccn12. The molecule has 0 amide bonds. The van der Waals surface area contributed by atoms with Crippen LogP contribution in [0.2, 0.25) is 0 Å². The van der Waals surface area contributed by atoms with Gasteiger partial charge >= 0.3 is 0 Å². The fourth-order valence-corrected chi connectivity index (χ4v) is 2.68. The van der Waals surface area contributed by atoms with E-state index in [4.69, 9.17) is 5.73 Å². The summed E-state index contributed by atoms with van der Waals surface area (Å²) in [4.78, 5) is 0. The zero-order valence-corrected chi connectivity index (χ0v) is 11.7. The van der Waals surface area contributed by atoms with Crippen LogP contribution >= 0.6 is 0 Å². The first-order chi connectivity index (χ1) is 8.69. The minimum Gasteiger partial charge on any atom is -0.327 e. The van der Waals surface area contributed by atoms with Gasteiger partial charge in [0, 0.05) is 23.4 Å². The molecule has 0 fully saturated rings. The fraction of sp³-hybridized carbons (Fsp3) is 0.500. The molecular weight excluding hydrogens is 220 g/mol. The third-order valence-corrected chi connectivity index (χ3v) is 3.82. The average Bonchev–Trinajstić information content (AvgIpc) is 2.65. The van der Waals surface area contributed by atoms with E-state index in [0.717, 1.165) is 19.3 Å². The molecule has 2 nitrogen and oxygen atoms in total. The Hall–Kier alpha value is -1.28. The Bertz CT molecular complexity index is 525. The fourth-order valence-electron chi connectivity index (χ4n) is 2.68. The lowest BCUT2D eigenvalue weighted by atomic mass is 10.0. The maximum Gasteiger partial charge on any atom is 0.0488 e. The molecule has 0 bridgehead atoms. The smallest absolute Gasteiger partial charge is 0.0488 e. The summed E-state index contributed by atoms with van der Waals surface area (Å²) < 4.78 is 2.34. The van der Waals surface area contributed by atoms with E-state index >= 15 is 0 Å². The highest BCUT2D eigenvalue weighted by molar-refractivity contribution is 5.62. The van der Waals surface area contributed by atoms with Crippen molar-refractivity contribution in [2.75, 3.05) is 0 Å². The van der Waals surface area contributed by atoms with Crippen LogP contribution in [0.3, 0.4) is 0 Å². The topological polar surface area (TPSA) is 30.4 Å². The van der Waals surface area contributed by atoms with Crippen molar-refractivity contribution in [1.29, 1.82) is 0 Å². The van der Waals surface area contributed by atoms with Gasteiger partial charge in [-0.2, -0.15) is 0 Å². The van der Waals surface area contributed by atoms with E-state index in [-0.39, 0.29) is 6.04 Å². The van der Waals surface area contributed by atoms with Crippen LogP contribution in [0.25, 0.3) is 5.52 Å². The summed E-state index contributed by atoms with van der Waals surface area (Å²) in [5, 5.41) is 0. The van der Waals surface area contributed by atoms with E-state index in [0.29, 0.717) is 0 Å². The summed E-state index contributed by atoms with van der Waals surface area (Å²) in [5.74, 6) is 0. The van der Waals surface area contributed by atoms with Gasteiger partial charge in [0.15, 0.2) is 0 Å². The summed E-state index contributed by atoms with van der Waals surface area (Å²) in [6.07, 6.45) is 6.51. The Balaban J connectivity index is 2.54. The molecule has 18 heavy (non-hydrogen) atoms. The molecule has 0 saturated carbocycles. The molecule has 0 radical (unpaired) electrons. The van der Waals surface area contributed by atoms with Crippen molar-refractivity contribution in [3.05, 3.63) is 41.2 Å². The van der Waals surface area contributed by atoms with Crippen LogP contribution in [0.15, 0.2) is 24.4 Å². The van der Waals surface area contributed by atoms with Gasteiger partial charge in [0.25, 0.3) is 0 Å². The average molecular weight is 244 g/mol. The van der Waals surface area contributed by atoms with Crippen molar-refractivity contribution in [3.63, 3.8) is 0 Å². The van der Waals surface area contributed by atoms with Crippen LogP contribution < -0.4 is 5.73 Å². The molecular formula is C16H24N2. The molecule has 2 rings (SSSR count). The van der Waals surface area contributed by atoms with E-state index in [1.807, 2.05) is 0 Å². The molecule has 1 unspecified atom stereocenters. The molecule has 0 saturated heterocycles. The molecule has 1 atom stereocenters. The van der Waals surface area contributed by atoms with Gasteiger partial charge in [-0.05, 0) is 49.4 Å². The van der Waals surface area contributed by atoms with Gasteiger partial charge in [-0.3, -0.25) is 0 Å². The van der Waals surface area contributed by atoms with Crippen LogP contribution in [0, 0.1) is 6.92 Å². The molecule has 0 spiro atoms. The summed E-state index contributed by atoms with van der Waals surface area (Å²) >= 11 is 0. The molecule has 98 valence electrons. The Morgan fingerprint density at radius 1 is 1.28 bits per heavy atom. The van der Waals surface area contributed by atoms with Crippen LogP contribution in [-0.2, 0) is 12.8 Å². The minimum absolute atomic E-state index is 0.268. The van der Waals surface area contributed by atoms with Crippen LogP contribution in [0.4, 0.5) is 0 Å². The first kappa shape index (κ1) is 13.2. The second-order valence-corrected chi connectivity index (χ2v) is 5.13. The van der Waals surface area contributed by atoms with Crippen molar-refractivity contribution in [2.45, 2.75) is 52.5 Å². The van der Waals surface area contributed by atoms with Gasteiger partial charge in [0.05, 0.1) is 0 Å². The lowest BCUT2D eigenvalue weighted by Crippen LogP contribution is -2.21. The first-order valence-electron chi connectivity index (χ1n) is 7.02.